The third-order valence-electron chi connectivity index (χ3n) is 2.11. The lowest BCUT2D eigenvalue weighted by molar-refractivity contribution is 0.0280. The number of hydrogen-bond acceptors (Lipinski definition) is 3. The molecule has 0 spiro atoms. The molecule has 0 saturated carbocycles. The van der Waals surface area contributed by atoms with Gasteiger partial charge in [0.2, 0.25) is 0 Å². The van der Waals surface area contributed by atoms with Crippen LogP contribution in [-0.2, 0) is 9.47 Å². The fourth-order valence-electron chi connectivity index (χ4n) is 1.29. The van der Waals surface area contributed by atoms with E-state index in [4.69, 9.17) is 9.47 Å². The van der Waals surface area contributed by atoms with Gasteiger partial charge >= 0.3 is 6.09 Å². The van der Waals surface area contributed by atoms with Gasteiger partial charge in [-0.25, -0.2) is 4.79 Å². The molecule has 108 valence electrons. The van der Waals surface area contributed by atoms with E-state index in [1.54, 1.807) is 13.2 Å². The predicted molar refractivity (Wildman–Crippen MR) is 77.9 cm³/mol. The molecule has 4 heteroatoms. The van der Waals surface area contributed by atoms with E-state index in [1.807, 2.05) is 45.9 Å². The molecule has 0 aliphatic heterocycles. The molecule has 0 radical (unpaired) electrons. The van der Waals surface area contributed by atoms with Crippen molar-refractivity contribution >= 4 is 6.09 Å². The number of ether oxygens (including phenoxy) is 2. The molecule has 1 amide bonds. The highest BCUT2D eigenvalue weighted by Crippen LogP contribution is 2.14. The maximum absolute atomic E-state index is 12.2. The number of carbonyl (C=O) groups is 1. The van der Waals surface area contributed by atoms with Crippen LogP contribution >= 0.6 is 0 Å². The molecule has 0 aliphatic carbocycles. The normalized spacial score (nSPS) is 12.6. The Morgan fingerprint density at radius 1 is 1.37 bits per heavy atom. The first kappa shape index (κ1) is 17.4. The monoisotopic (exact) mass is 267 g/mol. The molecule has 0 heterocycles. The second-order valence-corrected chi connectivity index (χ2v) is 4.95. The van der Waals surface area contributed by atoms with Gasteiger partial charge in [-0.15, -0.1) is 0 Å². The molecule has 0 fully saturated rings. The molecule has 0 aromatic rings. The summed E-state index contributed by atoms with van der Waals surface area (Å²) in [5.74, 6) is 0. The van der Waals surface area contributed by atoms with Gasteiger partial charge in [-0.1, -0.05) is 18.7 Å². The van der Waals surface area contributed by atoms with E-state index in [1.165, 1.54) is 4.90 Å². The zero-order valence-corrected chi connectivity index (χ0v) is 12.6. The molecule has 0 aromatic carbocycles. The molecule has 0 aromatic heterocycles. The lowest BCUT2D eigenvalue weighted by atomic mass is 10.2. The number of hydrogen-bond donors (Lipinski definition) is 0. The lowest BCUT2D eigenvalue weighted by Gasteiger charge is -2.27. The Bertz CT molecular complexity index is 351. The first-order chi connectivity index (χ1) is 8.85. The van der Waals surface area contributed by atoms with Gasteiger partial charge in [0, 0.05) is 12.8 Å². The van der Waals surface area contributed by atoms with Crippen molar-refractivity contribution in [2.45, 2.75) is 33.3 Å². The Morgan fingerprint density at radius 2 is 2.00 bits per heavy atom. The Morgan fingerprint density at radius 3 is 2.42 bits per heavy atom. The summed E-state index contributed by atoms with van der Waals surface area (Å²) >= 11 is 0. The fourth-order valence-corrected chi connectivity index (χ4v) is 1.29. The zero-order chi connectivity index (χ0) is 14.9. The van der Waals surface area contributed by atoms with E-state index in [2.05, 4.69) is 6.58 Å². The van der Waals surface area contributed by atoms with Gasteiger partial charge in [0.1, 0.15) is 5.60 Å². The van der Waals surface area contributed by atoms with Gasteiger partial charge in [0.25, 0.3) is 0 Å². The average Bonchev–Trinajstić information content (AvgIpc) is 2.31. The first-order valence-electron chi connectivity index (χ1n) is 6.30. The van der Waals surface area contributed by atoms with Gasteiger partial charge < -0.3 is 9.47 Å². The van der Waals surface area contributed by atoms with Crippen molar-refractivity contribution in [3.63, 3.8) is 0 Å². The smallest absolute Gasteiger partial charge is 0.414 e. The van der Waals surface area contributed by atoms with E-state index in [-0.39, 0.29) is 0 Å². The molecule has 0 rings (SSSR count). The highest BCUT2D eigenvalue weighted by molar-refractivity contribution is 5.71. The van der Waals surface area contributed by atoms with Crippen molar-refractivity contribution in [1.82, 2.24) is 4.90 Å². The van der Waals surface area contributed by atoms with Crippen LogP contribution in [0.2, 0.25) is 0 Å². The largest absolute Gasteiger partial charge is 0.443 e. The Labute approximate surface area is 116 Å². The first-order valence-corrected chi connectivity index (χ1v) is 6.30. The number of allylic oxidation sites excluding steroid dienone is 4. The van der Waals surface area contributed by atoms with Crippen LogP contribution in [0.5, 0.6) is 0 Å². The number of amides is 1. The van der Waals surface area contributed by atoms with Crippen molar-refractivity contribution in [3.05, 3.63) is 36.6 Å². The molecular formula is C15H25NO3. The summed E-state index contributed by atoms with van der Waals surface area (Å²) in [6.07, 6.45) is 6.76. The van der Waals surface area contributed by atoms with Crippen LogP contribution in [0, 0.1) is 0 Å². The van der Waals surface area contributed by atoms with E-state index in [0.717, 1.165) is 0 Å². The summed E-state index contributed by atoms with van der Waals surface area (Å²) in [6, 6.07) is 0. The topological polar surface area (TPSA) is 38.8 Å². The molecule has 4 nitrogen and oxygen atoms in total. The van der Waals surface area contributed by atoms with Crippen LogP contribution < -0.4 is 0 Å². The van der Waals surface area contributed by atoms with Gasteiger partial charge in [-0.3, -0.25) is 4.90 Å². The summed E-state index contributed by atoms with van der Waals surface area (Å²) < 4.78 is 10.4. The third-order valence-corrected chi connectivity index (χ3v) is 2.11. The minimum absolute atomic E-state index is 0.403. The van der Waals surface area contributed by atoms with Crippen molar-refractivity contribution in [1.29, 1.82) is 0 Å². The average molecular weight is 267 g/mol. The number of nitrogens with zero attached hydrogens (tertiary/aromatic N) is 1. The summed E-state index contributed by atoms with van der Waals surface area (Å²) in [4.78, 5) is 13.7. The summed E-state index contributed by atoms with van der Waals surface area (Å²) in [5.41, 5.74) is 0.152. The van der Waals surface area contributed by atoms with Crippen molar-refractivity contribution < 1.29 is 14.3 Å². The van der Waals surface area contributed by atoms with E-state index in [9.17, 15) is 4.79 Å². The SMILES string of the molecule is C=C/C(=C\C=C/C)N(CCOC)C(=O)OC(C)(C)C. The molecule has 0 atom stereocenters. The van der Waals surface area contributed by atoms with Crippen molar-refractivity contribution in [3.8, 4) is 0 Å². The molecule has 0 unspecified atom stereocenters. The van der Waals surface area contributed by atoms with E-state index >= 15 is 0 Å². The quantitative estimate of drug-likeness (QED) is 0.691. The van der Waals surface area contributed by atoms with Gasteiger partial charge in [-0.05, 0) is 39.8 Å². The number of carbonyl (C=O) groups excluding carboxylic acids is 1. The second-order valence-electron chi connectivity index (χ2n) is 4.95. The van der Waals surface area contributed by atoms with Gasteiger partial charge in [-0.2, -0.15) is 0 Å². The fraction of sp³-hybridized carbons (Fsp3) is 0.533. The molecule has 0 N–H and O–H groups in total. The highest BCUT2D eigenvalue weighted by Gasteiger charge is 2.23. The predicted octanol–water partition coefficient (Wildman–Crippen LogP) is 3.52. The Hall–Kier alpha value is -1.55. The highest BCUT2D eigenvalue weighted by atomic mass is 16.6. The molecule has 0 bridgehead atoms. The summed E-state index contributed by atoms with van der Waals surface area (Å²) in [6.45, 7) is 12.0. The van der Waals surface area contributed by atoms with Crippen LogP contribution in [0.1, 0.15) is 27.7 Å². The minimum atomic E-state index is -0.532. The third kappa shape index (κ3) is 7.47. The van der Waals surface area contributed by atoms with Crippen LogP contribution in [-0.4, -0.2) is 36.9 Å². The molecule has 0 saturated heterocycles. The van der Waals surface area contributed by atoms with Gasteiger partial charge in [0.05, 0.1) is 13.2 Å². The van der Waals surface area contributed by atoms with Crippen LogP contribution in [0.4, 0.5) is 4.79 Å². The zero-order valence-electron chi connectivity index (χ0n) is 12.6. The van der Waals surface area contributed by atoms with Crippen molar-refractivity contribution in [2.24, 2.45) is 0 Å². The van der Waals surface area contributed by atoms with Crippen LogP contribution in [0.25, 0.3) is 0 Å². The lowest BCUT2D eigenvalue weighted by Crippen LogP contribution is -2.37. The van der Waals surface area contributed by atoms with Gasteiger partial charge in [0.15, 0.2) is 0 Å². The van der Waals surface area contributed by atoms with E-state index in [0.29, 0.717) is 18.8 Å². The summed E-state index contributed by atoms with van der Waals surface area (Å²) in [5, 5.41) is 0. The van der Waals surface area contributed by atoms with Crippen LogP contribution in [0.15, 0.2) is 36.6 Å². The Balaban J connectivity index is 5.06. The molecular weight excluding hydrogens is 242 g/mol. The second kappa shape index (κ2) is 8.53. The maximum Gasteiger partial charge on any atom is 0.414 e. The maximum atomic E-state index is 12.2. The van der Waals surface area contributed by atoms with Crippen molar-refractivity contribution in [2.75, 3.05) is 20.3 Å². The van der Waals surface area contributed by atoms with Crippen LogP contribution in [0.3, 0.4) is 0 Å². The molecule has 19 heavy (non-hydrogen) atoms. The molecule has 0 aliphatic rings. The minimum Gasteiger partial charge on any atom is -0.443 e. The standard InChI is InChI=1S/C15H25NO3/c1-7-9-10-13(8-2)16(11-12-18-6)14(17)19-15(3,4)5/h7-10H,2,11-12H2,1,3-6H3/b9-7-,13-10+. The Kier molecular flexibility index (Phi) is 7.84. The van der Waals surface area contributed by atoms with E-state index < -0.39 is 11.7 Å². The number of rotatable bonds is 6. The summed E-state index contributed by atoms with van der Waals surface area (Å²) in [7, 11) is 1.59. The number of methoxy groups -OCH3 is 1.